The van der Waals surface area contributed by atoms with Crippen LogP contribution in [0.2, 0.25) is 0 Å². The molecule has 8 atom stereocenters. The maximum atomic E-state index is 13.9. The minimum Gasteiger partial charge on any atom is -0.460 e. The van der Waals surface area contributed by atoms with Crippen molar-refractivity contribution in [1.82, 2.24) is 26.2 Å². The fourth-order valence-electron chi connectivity index (χ4n) is 5.60. The van der Waals surface area contributed by atoms with Crippen LogP contribution in [0.3, 0.4) is 0 Å². The summed E-state index contributed by atoms with van der Waals surface area (Å²) in [6, 6.07) is -5.15. The standard InChI is InChI=1S/C34H61N5O9/c1-9-11-12-13-14-15-16-26-22(6)34(47)39(8)25(17-20(3)4)31(44)37-28(21(5)10-2)33(46)36-24(19-40)30(43)38-29(23(7)41)32(45)35-18-27(42)48-26/h20-26,28-29,40-41H,9-19H2,1-8H3,(H,35,45)(H,36,46)(H,37,44)(H,38,43)/t21-,22-,23+,24+,25+,26-,28+,29-/m1/s1. The average Bonchev–Trinajstić information content (AvgIpc) is 3.04. The normalized spacial score (nSPS) is 27.1. The second-order valence-corrected chi connectivity index (χ2v) is 13.5. The molecule has 5 amide bonds. The van der Waals surface area contributed by atoms with E-state index in [-0.39, 0.29) is 12.3 Å². The maximum Gasteiger partial charge on any atom is 0.325 e. The van der Waals surface area contributed by atoms with Crippen molar-refractivity contribution in [3.05, 3.63) is 0 Å². The van der Waals surface area contributed by atoms with Gasteiger partial charge in [0.2, 0.25) is 29.5 Å². The molecule has 0 aromatic rings. The molecule has 14 heteroatoms. The number of carbonyl (C=O) groups excluding carboxylic acids is 6. The number of carbonyl (C=O) groups is 6. The van der Waals surface area contributed by atoms with E-state index >= 15 is 0 Å². The van der Waals surface area contributed by atoms with Gasteiger partial charge in [-0.2, -0.15) is 0 Å². The van der Waals surface area contributed by atoms with Crippen molar-refractivity contribution < 1.29 is 43.7 Å². The van der Waals surface area contributed by atoms with Gasteiger partial charge in [0.15, 0.2) is 0 Å². The van der Waals surface area contributed by atoms with Crippen molar-refractivity contribution in [3.8, 4) is 0 Å². The summed E-state index contributed by atoms with van der Waals surface area (Å²) in [4.78, 5) is 81.7. The Balaban J connectivity index is 3.57. The van der Waals surface area contributed by atoms with Gasteiger partial charge in [-0.15, -0.1) is 0 Å². The number of amides is 5. The number of rotatable bonds is 13. The molecule has 0 aromatic carbocycles. The number of esters is 1. The Bertz CT molecular complexity index is 1070. The molecular weight excluding hydrogens is 622 g/mol. The first-order valence-corrected chi connectivity index (χ1v) is 17.5. The third kappa shape index (κ3) is 13.7. The average molecular weight is 684 g/mol. The lowest BCUT2D eigenvalue weighted by atomic mass is 9.94. The number of hydrogen-bond donors (Lipinski definition) is 6. The number of nitrogens with zero attached hydrogens (tertiary/aromatic N) is 1. The Morgan fingerprint density at radius 2 is 1.44 bits per heavy atom. The number of unbranched alkanes of at least 4 members (excludes halogenated alkanes) is 5. The molecule has 0 unspecified atom stereocenters. The smallest absolute Gasteiger partial charge is 0.325 e. The Morgan fingerprint density at radius 3 is 2.00 bits per heavy atom. The largest absolute Gasteiger partial charge is 0.460 e. The number of ether oxygens (including phenoxy) is 1. The molecule has 1 saturated heterocycles. The Kier molecular flexibility index (Phi) is 19.3. The summed E-state index contributed by atoms with van der Waals surface area (Å²) in [5.74, 6) is -5.64. The summed E-state index contributed by atoms with van der Waals surface area (Å²) in [6.45, 7) is 11.0. The summed E-state index contributed by atoms with van der Waals surface area (Å²) in [6.07, 6.45) is 4.75. The zero-order valence-corrected chi connectivity index (χ0v) is 30.2. The molecule has 0 aromatic heterocycles. The van der Waals surface area contributed by atoms with E-state index in [1.807, 2.05) is 20.8 Å². The SMILES string of the molecule is CCCCCCCC[C@H]1OC(=O)CNC(=O)[C@@H]([C@H](C)O)NC(=O)[C@H](CO)NC(=O)[C@H]([C@H](C)CC)NC(=O)[C@H](CC(C)C)N(C)C(=O)[C@@H]1C. The first-order valence-electron chi connectivity index (χ1n) is 17.5. The van der Waals surface area contributed by atoms with Crippen molar-refractivity contribution in [2.24, 2.45) is 17.8 Å². The molecule has 6 N–H and O–H groups in total. The third-order valence-corrected chi connectivity index (χ3v) is 8.96. The second-order valence-electron chi connectivity index (χ2n) is 13.5. The van der Waals surface area contributed by atoms with Crippen LogP contribution in [0.1, 0.15) is 106 Å². The van der Waals surface area contributed by atoms with Gasteiger partial charge in [0.25, 0.3) is 0 Å². The van der Waals surface area contributed by atoms with E-state index in [1.54, 1.807) is 13.8 Å². The first-order chi connectivity index (χ1) is 22.6. The summed E-state index contributed by atoms with van der Waals surface area (Å²) >= 11 is 0. The van der Waals surface area contributed by atoms with Crippen LogP contribution in [0.5, 0.6) is 0 Å². The summed E-state index contributed by atoms with van der Waals surface area (Å²) in [5, 5.41) is 30.1. The zero-order chi connectivity index (χ0) is 36.6. The van der Waals surface area contributed by atoms with Gasteiger partial charge in [-0.25, -0.2) is 0 Å². The van der Waals surface area contributed by atoms with Crippen molar-refractivity contribution in [2.75, 3.05) is 20.2 Å². The molecular formula is C34H61N5O9. The monoisotopic (exact) mass is 683 g/mol. The highest BCUT2D eigenvalue weighted by atomic mass is 16.5. The van der Waals surface area contributed by atoms with Gasteiger partial charge < -0.3 is 41.1 Å². The fourth-order valence-corrected chi connectivity index (χ4v) is 5.60. The van der Waals surface area contributed by atoms with E-state index in [2.05, 4.69) is 28.2 Å². The first kappa shape index (κ1) is 42.8. The van der Waals surface area contributed by atoms with Gasteiger partial charge in [0, 0.05) is 7.05 Å². The predicted octanol–water partition coefficient (Wildman–Crippen LogP) is 1.16. The Hall–Kier alpha value is -3.26. The van der Waals surface area contributed by atoms with Crippen molar-refractivity contribution in [3.63, 3.8) is 0 Å². The number of likely N-dealkylation sites (N-methyl/N-ethyl adjacent to an activating group) is 1. The Labute approximate surface area is 285 Å². The van der Waals surface area contributed by atoms with Crippen LogP contribution in [0.25, 0.3) is 0 Å². The van der Waals surface area contributed by atoms with Gasteiger partial charge in [-0.1, -0.05) is 80.1 Å². The number of aliphatic hydroxyl groups excluding tert-OH is 2. The molecule has 0 radical (unpaired) electrons. The highest BCUT2D eigenvalue weighted by Crippen LogP contribution is 2.22. The second kappa shape index (κ2) is 21.7. The predicted molar refractivity (Wildman–Crippen MR) is 180 cm³/mol. The lowest BCUT2D eigenvalue weighted by Crippen LogP contribution is -2.61. The molecule has 0 saturated carbocycles. The van der Waals surface area contributed by atoms with E-state index in [0.29, 0.717) is 19.3 Å². The van der Waals surface area contributed by atoms with E-state index in [0.717, 1.165) is 32.1 Å². The van der Waals surface area contributed by atoms with Gasteiger partial charge >= 0.3 is 5.97 Å². The molecule has 1 aliphatic rings. The molecule has 0 bridgehead atoms. The number of aliphatic hydroxyl groups is 2. The fraction of sp³-hybridized carbons (Fsp3) is 0.824. The lowest BCUT2D eigenvalue weighted by Gasteiger charge is -2.34. The molecule has 48 heavy (non-hydrogen) atoms. The molecule has 0 aliphatic carbocycles. The van der Waals surface area contributed by atoms with Crippen LogP contribution in [-0.4, -0.2) is 107 Å². The van der Waals surface area contributed by atoms with E-state index < -0.39 is 96.9 Å². The van der Waals surface area contributed by atoms with Crippen LogP contribution < -0.4 is 21.3 Å². The minimum absolute atomic E-state index is 0.00604. The van der Waals surface area contributed by atoms with Gasteiger partial charge in [-0.3, -0.25) is 28.8 Å². The van der Waals surface area contributed by atoms with Crippen molar-refractivity contribution >= 4 is 35.5 Å². The van der Waals surface area contributed by atoms with Gasteiger partial charge in [-0.05, 0) is 38.0 Å². The minimum atomic E-state index is -1.53. The van der Waals surface area contributed by atoms with Crippen LogP contribution in [0, 0.1) is 17.8 Å². The topological polar surface area (TPSA) is 203 Å². The molecule has 1 aliphatic heterocycles. The quantitative estimate of drug-likeness (QED) is 0.122. The number of hydrogen-bond acceptors (Lipinski definition) is 9. The molecule has 1 fully saturated rings. The van der Waals surface area contributed by atoms with Crippen LogP contribution in [-0.2, 0) is 33.5 Å². The maximum absolute atomic E-state index is 13.9. The summed E-state index contributed by atoms with van der Waals surface area (Å²) < 4.78 is 5.76. The van der Waals surface area contributed by atoms with E-state index in [4.69, 9.17) is 4.74 Å². The summed E-state index contributed by atoms with van der Waals surface area (Å²) in [7, 11) is 1.51. The van der Waals surface area contributed by atoms with Crippen LogP contribution in [0.15, 0.2) is 0 Å². The van der Waals surface area contributed by atoms with Gasteiger partial charge in [0.1, 0.15) is 36.8 Å². The van der Waals surface area contributed by atoms with E-state index in [9.17, 15) is 39.0 Å². The molecule has 276 valence electrons. The van der Waals surface area contributed by atoms with E-state index in [1.165, 1.54) is 18.9 Å². The third-order valence-electron chi connectivity index (χ3n) is 8.96. The number of nitrogens with one attached hydrogen (secondary N) is 4. The van der Waals surface area contributed by atoms with Gasteiger partial charge in [0.05, 0.1) is 18.6 Å². The molecule has 0 spiro atoms. The van der Waals surface area contributed by atoms with Crippen molar-refractivity contribution in [1.29, 1.82) is 0 Å². The number of cyclic esters (lactones) is 1. The highest BCUT2D eigenvalue weighted by molar-refractivity contribution is 5.96. The summed E-state index contributed by atoms with van der Waals surface area (Å²) in [5.41, 5.74) is 0. The van der Waals surface area contributed by atoms with Crippen LogP contribution >= 0.6 is 0 Å². The highest BCUT2D eigenvalue weighted by Gasteiger charge is 2.38. The molecule has 1 rings (SSSR count). The Morgan fingerprint density at radius 1 is 0.833 bits per heavy atom. The lowest BCUT2D eigenvalue weighted by molar-refractivity contribution is -0.157. The molecule has 1 heterocycles. The van der Waals surface area contributed by atoms with Crippen LogP contribution in [0.4, 0.5) is 0 Å². The molecule has 14 nitrogen and oxygen atoms in total. The zero-order valence-electron chi connectivity index (χ0n) is 30.2. The van der Waals surface area contributed by atoms with Crippen molar-refractivity contribution in [2.45, 2.75) is 143 Å².